The topological polar surface area (TPSA) is 58.6 Å². The molecule has 0 saturated heterocycles. The summed E-state index contributed by atoms with van der Waals surface area (Å²) >= 11 is 3.25. The van der Waals surface area contributed by atoms with Crippen molar-refractivity contribution in [3.63, 3.8) is 0 Å². The number of benzene rings is 1. The average molecular weight is 334 g/mol. The first-order valence-corrected chi connectivity index (χ1v) is 6.57. The van der Waals surface area contributed by atoms with E-state index in [1.54, 1.807) is 20.8 Å². The zero-order chi connectivity index (χ0) is 14.6. The Balaban J connectivity index is 2.84. The van der Waals surface area contributed by atoms with E-state index in [0.29, 0.717) is 10.0 Å². The number of alkyl carbamates (subject to hydrolysis) is 1. The number of aliphatic hydroxyl groups is 1. The highest BCUT2D eigenvalue weighted by Crippen LogP contribution is 2.24. The second kappa shape index (κ2) is 6.34. The van der Waals surface area contributed by atoms with E-state index in [4.69, 9.17) is 4.74 Å². The number of ether oxygens (including phenoxy) is 1. The molecule has 2 N–H and O–H groups in total. The Morgan fingerprint density at radius 2 is 2.16 bits per heavy atom. The lowest BCUT2D eigenvalue weighted by Crippen LogP contribution is -2.36. The lowest BCUT2D eigenvalue weighted by Gasteiger charge is -2.23. The molecule has 0 fully saturated rings. The van der Waals surface area contributed by atoms with Crippen LogP contribution in [0.4, 0.5) is 9.18 Å². The molecule has 0 aliphatic rings. The van der Waals surface area contributed by atoms with Gasteiger partial charge in [-0.3, -0.25) is 0 Å². The van der Waals surface area contributed by atoms with Crippen molar-refractivity contribution in [3.8, 4) is 0 Å². The summed E-state index contributed by atoms with van der Waals surface area (Å²) in [6, 6.07) is 3.32. The molecule has 1 aromatic rings. The second-order valence-electron chi connectivity index (χ2n) is 5.05. The summed E-state index contributed by atoms with van der Waals surface area (Å²) in [5.74, 6) is -0.442. The quantitative estimate of drug-likeness (QED) is 0.893. The van der Waals surface area contributed by atoms with Crippen molar-refractivity contribution < 1.29 is 19.0 Å². The molecule has 4 nitrogen and oxygen atoms in total. The van der Waals surface area contributed by atoms with Crippen LogP contribution in [-0.2, 0) is 4.74 Å². The number of halogens is 2. The molecule has 1 aromatic carbocycles. The van der Waals surface area contributed by atoms with E-state index < -0.39 is 23.6 Å². The molecule has 0 radical (unpaired) electrons. The van der Waals surface area contributed by atoms with Crippen LogP contribution >= 0.6 is 15.9 Å². The van der Waals surface area contributed by atoms with Gasteiger partial charge in [0.2, 0.25) is 0 Å². The molecule has 0 aliphatic heterocycles. The van der Waals surface area contributed by atoms with Crippen molar-refractivity contribution >= 4 is 22.0 Å². The Labute approximate surface area is 120 Å². The molecular formula is C13H17BrFNO3. The van der Waals surface area contributed by atoms with Gasteiger partial charge in [0.1, 0.15) is 11.4 Å². The monoisotopic (exact) mass is 333 g/mol. The van der Waals surface area contributed by atoms with Crippen LogP contribution in [0.15, 0.2) is 22.7 Å². The molecular weight excluding hydrogens is 317 g/mol. The summed E-state index contributed by atoms with van der Waals surface area (Å²) in [5.41, 5.74) is -0.183. The number of rotatable bonds is 3. The van der Waals surface area contributed by atoms with Gasteiger partial charge in [-0.05, 0) is 44.5 Å². The van der Waals surface area contributed by atoms with E-state index in [9.17, 15) is 14.3 Å². The van der Waals surface area contributed by atoms with Gasteiger partial charge >= 0.3 is 6.09 Å². The molecule has 106 valence electrons. The van der Waals surface area contributed by atoms with Crippen molar-refractivity contribution in [1.82, 2.24) is 5.32 Å². The van der Waals surface area contributed by atoms with E-state index >= 15 is 0 Å². The van der Waals surface area contributed by atoms with Crippen LogP contribution in [0.2, 0.25) is 0 Å². The van der Waals surface area contributed by atoms with Gasteiger partial charge in [-0.1, -0.05) is 15.9 Å². The average Bonchev–Trinajstić information content (AvgIpc) is 2.27. The SMILES string of the molecule is CC(C)(C)OC(=O)N[C@H](CO)c1cc(F)ccc1Br. The molecule has 0 bridgehead atoms. The molecule has 19 heavy (non-hydrogen) atoms. The van der Waals surface area contributed by atoms with Crippen LogP contribution in [0, 0.1) is 5.82 Å². The number of amides is 1. The first-order chi connectivity index (χ1) is 8.73. The molecule has 0 saturated carbocycles. The Bertz CT molecular complexity index is 460. The van der Waals surface area contributed by atoms with Gasteiger partial charge in [0.05, 0.1) is 12.6 Å². The van der Waals surface area contributed by atoms with Gasteiger partial charge in [-0.25, -0.2) is 9.18 Å². The van der Waals surface area contributed by atoms with Crippen molar-refractivity contribution in [2.75, 3.05) is 6.61 Å². The minimum atomic E-state index is -0.736. The van der Waals surface area contributed by atoms with Crippen molar-refractivity contribution in [2.45, 2.75) is 32.4 Å². The lowest BCUT2D eigenvalue weighted by atomic mass is 10.1. The van der Waals surface area contributed by atoms with Crippen LogP contribution in [-0.4, -0.2) is 23.4 Å². The number of aliphatic hydroxyl groups excluding tert-OH is 1. The summed E-state index contributed by atoms with van der Waals surface area (Å²) in [5, 5.41) is 11.8. The zero-order valence-electron chi connectivity index (χ0n) is 11.0. The fourth-order valence-corrected chi connectivity index (χ4v) is 1.98. The zero-order valence-corrected chi connectivity index (χ0v) is 12.6. The highest BCUT2D eigenvalue weighted by molar-refractivity contribution is 9.10. The third kappa shape index (κ3) is 5.16. The van der Waals surface area contributed by atoms with Gasteiger partial charge in [0, 0.05) is 4.47 Å². The minimum Gasteiger partial charge on any atom is -0.444 e. The first kappa shape index (κ1) is 15.9. The predicted molar refractivity (Wildman–Crippen MR) is 73.3 cm³/mol. The minimum absolute atomic E-state index is 0.360. The fraction of sp³-hybridized carbons (Fsp3) is 0.462. The Hall–Kier alpha value is -1.14. The van der Waals surface area contributed by atoms with E-state index in [1.807, 2.05) is 0 Å². The van der Waals surface area contributed by atoms with E-state index in [1.165, 1.54) is 18.2 Å². The first-order valence-electron chi connectivity index (χ1n) is 5.78. The van der Waals surface area contributed by atoms with Crippen LogP contribution in [0.25, 0.3) is 0 Å². The third-order valence-corrected chi connectivity index (χ3v) is 2.93. The largest absolute Gasteiger partial charge is 0.444 e. The maximum absolute atomic E-state index is 13.2. The van der Waals surface area contributed by atoms with Crippen LogP contribution in [0.1, 0.15) is 32.4 Å². The van der Waals surface area contributed by atoms with Gasteiger partial charge in [-0.15, -0.1) is 0 Å². The molecule has 1 rings (SSSR count). The number of carbonyl (C=O) groups excluding carboxylic acids is 1. The van der Waals surface area contributed by atoms with Gasteiger partial charge in [0.15, 0.2) is 0 Å². The third-order valence-electron chi connectivity index (χ3n) is 2.21. The van der Waals surface area contributed by atoms with Gasteiger partial charge < -0.3 is 15.2 Å². The summed E-state index contributed by atoms with van der Waals surface area (Å²) in [7, 11) is 0. The maximum atomic E-state index is 13.2. The van der Waals surface area contributed by atoms with Crippen molar-refractivity contribution in [2.24, 2.45) is 0 Å². The Morgan fingerprint density at radius 3 is 2.68 bits per heavy atom. The van der Waals surface area contributed by atoms with Crippen molar-refractivity contribution in [1.29, 1.82) is 0 Å². The molecule has 6 heteroatoms. The Kier molecular flexibility index (Phi) is 5.31. The van der Waals surface area contributed by atoms with E-state index in [0.717, 1.165) is 0 Å². The second-order valence-corrected chi connectivity index (χ2v) is 5.90. The summed E-state index contributed by atoms with van der Waals surface area (Å²) in [6.45, 7) is 4.84. The molecule has 0 spiro atoms. The van der Waals surface area contributed by atoms with Gasteiger partial charge in [0.25, 0.3) is 0 Å². The summed E-state index contributed by atoms with van der Waals surface area (Å²) in [4.78, 5) is 11.6. The van der Waals surface area contributed by atoms with Gasteiger partial charge in [-0.2, -0.15) is 0 Å². The number of hydrogen-bond acceptors (Lipinski definition) is 3. The summed E-state index contributed by atoms with van der Waals surface area (Å²) < 4.78 is 18.9. The van der Waals surface area contributed by atoms with Crippen LogP contribution in [0.5, 0.6) is 0 Å². The van der Waals surface area contributed by atoms with Crippen LogP contribution < -0.4 is 5.32 Å². The van der Waals surface area contributed by atoms with E-state index in [-0.39, 0.29) is 6.61 Å². The summed E-state index contributed by atoms with van der Waals surface area (Å²) in [6.07, 6.45) is -0.664. The predicted octanol–water partition coefficient (Wildman–Crippen LogP) is 3.15. The molecule has 1 amide bonds. The fourth-order valence-electron chi connectivity index (χ4n) is 1.45. The Morgan fingerprint density at radius 1 is 1.53 bits per heavy atom. The number of hydrogen-bond donors (Lipinski definition) is 2. The highest BCUT2D eigenvalue weighted by Gasteiger charge is 2.21. The molecule has 0 aliphatic carbocycles. The molecule has 0 aromatic heterocycles. The van der Waals surface area contributed by atoms with Crippen molar-refractivity contribution in [3.05, 3.63) is 34.1 Å². The maximum Gasteiger partial charge on any atom is 0.408 e. The van der Waals surface area contributed by atoms with E-state index in [2.05, 4.69) is 21.2 Å². The molecule has 1 atom stereocenters. The van der Waals surface area contributed by atoms with Crippen LogP contribution in [0.3, 0.4) is 0 Å². The normalized spacial score (nSPS) is 12.9. The highest BCUT2D eigenvalue weighted by atomic mass is 79.9. The number of carbonyl (C=O) groups is 1. The standard InChI is InChI=1S/C13H17BrFNO3/c1-13(2,3)19-12(18)16-11(7-17)9-6-8(15)4-5-10(9)14/h4-6,11,17H,7H2,1-3H3,(H,16,18)/t11-/m1/s1. The molecule has 0 heterocycles. The molecule has 0 unspecified atom stereocenters. The lowest BCUT2D eigenvalue weighted by molar-refractivity contribution is 0.0481. The number of nitrogens with one attached hydrogen (secondary N) is 1. The smallest absolute Gasteiger partial charge is 0.408 e.